The van der Waals surface area contributed by atoms with Gasteiger partial charge in [0, 0.05) is 49.6 Å². The third kappa shape index (κ3) is 3.75. The molecule has 1 aliphatic rings. The van der Waals surface area contributed by atoms with Crippen LogP contribution in [0.3, 0.4) is 0 Å². The smallest absolute Gasteiger partial charge is 0.0562 e. The van der Waals surface area contributed by atoms with E-state index in [1.165, 1.54) is 88.1 Å². The van der Waals surface area contributed by atoms with Crippen molar-refractivity contribution in [3.8, 4) is 22.5 Å². The van der Waals surface area contributed by atoms with Crippen LogP contribution in [0.2, 0.25) is 0 Å². The summed E-state index contributed by atoms with van der Waals surface area (Å²) in [5.41, 5.74) is 14.4. The molecule has 3 nitrogen and oxygen atoms in total. The maximum absolute atomic E-state index is 2.47. The van der Waals surface area contributed by atoms with E-state index in [0.29, 0.717) is 0 Å². The van der Waals surface area contributed by atoms with E-state index in [2.05, 4.69) is 191 Å². The minimum absolute atomic E-state index is 1.14. The van der Waals surface area contributed by atoms with Crippen LogP contribution >= 0.6 is 0 Å². The van der Waals surface area contributed by atoms with Crippen LogP contribution in [0.15, 0.2) is 170 Å². The number of aromatic nitrogens is 2. The summed E-state index contributed by atoms with van der Waals surface area (Å²) in [6, 6.07) is 62.5. The minimum Gasteiger partial charge on any atom is -0.309 e. The number of hydrogen-bond donors (Lipinski definition) is 0. The van der Waals surface area contributed by atoms with Crippen LogP contribution in [-0.2, 0) is 0 Å². The molecule has 234 valence electrons. The lowest BCUT2D eigenvalue weighted by Crippen LogP contribution is -2.15. The highest BCUT2D eigenvalue weighted by atomic mass is 15.2. The SMILES string of the molecule is Cc1cccc(N2c3cc4c(cc3-c3cccc5cccc2c35)c2ccccc2n4-c2cccc(-n3c4ccccc4c4ccccc43)c2)c1. The Hall–Kier alpha value is -6.58. The molecule has 0 N–H and O–H groups in total. The van der Waals surface area contributed by atoms with Gasteiger partial charge in [-0.3, -0.25) is 0 Å². The Morgan fingerprint density at radius 3 is 1.60 bits per heavy atom. The van der Waals surface area contributed by atoms with Crippen molar-refractivity contribution in [3.63, 3.8) is 0 Å². The topological polar surface area (TPSA) is 13.1 Å². The predicted octanol–water partition coefficient (Wildman–Crippen LogP) is 12.8. The molecule has 0 aliphatic carbocycles. The second-order valence-electron chi connectivity index (χ2n) is 13.5. The molecule has 1 aliphatic heterocycles. The molecule has 3 heterocycles. The molecule has 2 aromatic heterocycles. The summed E-state index contributed by atoms with van der Waals surface area (Å²) in [6.07, 6.45) is 0. The van der Waals surface area contributed by atoms with Crippen LogP contribution in [-0.4, -0.2) is 9.13 Å². The van der Waals surface area contributed by atoms with Gasteiger partial charge < -0.3 is 14.0 Å². The van der Waals surface area contributed by atoms with E-state index < -0.39 is 0 Å². The second-order valence-corrected chi connectivity index (χ2v) is 13.5. The minimum atomic E-state index is 1.14. The van der Waals surface area contributed by atoms with Crippen molar-refractivity contribution in [3.05, 3.63) is 175 Å². The first-order valence-electron chi connectivity index (χ1n) is 17.3. The van der Waals surface area contributed by atoms with E-state index in [1.54, 1.807) is 0 Å². The second kappa shape index (κ2) is 10.2. The van der Waals surface area contributed by atoms with Gasteiger partial charge in [-0.1, -0.05) is 103 Å². The monoisotopic (exact) mass is 637 g/mol. The summed E-state index contributed by atoms with van der Waals surface area (Å²) in [5, 5.41) is 7.59. The Labute approximate surface area is 289 Å². The van der Waals surface area contributed by atoms with Crippen molar-refractivity contribution in [2.24, 2.45) is 0 Å². The summed E-state index contributed by atoms with van der Waals surface area (Å²) in [4.78, 5) is 2.47. The quantitative estimate of drug-likeness (QED) is 0.188. The highest BCUT2D eigenvalue weighted by molar-refractivity contribution is 6.19. The van der Waals surface area contributed by atoms with Crippen molar-refractivity contribution >= 4 is 71.4 Å². The molecule has 0 fully saturated rings. The molecule has 11 rings (SSSR count). The van der Waals surface area contributed by atoms with Gasteiger partial charge >= 0.3 is 0 Å². The summed E-state index contributed by atoms with van der Waals surface area (Å²) in [7, 11) is 0. The zero-order valence-electron chi connectivity index (χ0n) is 27.5. The van der Waals surface area contributed by atoms with Gasteiger partial charge in [0.15, 0.2) is 0 Å². The molecule has 0 unspecified atom stereocenters. The molecule has 0 saturated heterocycles. The Morgan fingerprint density at radius 2 is 0.920 bits per heavy atom. The third-order valence-corrected chi connectivity index (χ3v) is 10.6. The number of fused-ring (bicyclic) bond motifs is 8. The molecule has 8 aromatic carbocycles. The number of aryl methyl sites for hydroxylation is 1. The first-order valence-corrected chi connectivity index (χ1v) is 17.3. The molecule has 50 heavy (non-hydrogen) atoms. The maximum Gasteiger partial charge on any atom is 0.0562 e. The van der Waals surface area contributed by atoms with Gasteiger partial charge in [-0.2, -0.15) is 0 Å². The van der Waals surface area contributed by atoms with Gasteiger partial charge in [0.05, 0.1) is 33.4 Å². The lowest BCUT2D eigenvalue weighted by Gasteiger charge is -2.34. The zero-order chi connectivity index (χ0) is 32.9. The van der Waals surface area contributed by atoms with Crippen LogP contribution in [0.5, 0.6) is 0 Å². The normalized spacial score (nSPS) is 12.5. The molecular formula is C47H31N3. The summed E-state index contributed by atoms with van der Waals surface area (Å²) in [5.74, 6) is 0. The van der Waals surface area contributed by atoms with E-state index in [1.807, 2.05) is 0 Å². The van der Waals surface area contributed by atoms with E-state index in [4.69, 9.17) is 0 Å². The molecule has 0 spiro atoms. The number of rotatable bonds is 3. The van der Waals surface area contributed by atoms with Gasteiger partial charge in [-0.15, -0.1) is 0 Å². The molecular weight excluding hydrogens is 607 g/mol. The van der Waals surface area contributed by atoms with E-state index in [9.17, 15) is 0 Å². The molecule has 0 radical (unpaired) electrons. The van der Waals surface area contributed by atoms with Crippen LogP contribution in [0.4, 0.5) is 17.1 Å². The van der Waals surface area contributed by atoms with Crippen molar-refractivity contribution in [2.75, 3.05) is 4.90 Å². The lowest BCUT2D eigenvalue weighted by molar-refractivity contribution is 1.13. The zero-order valence-corrected chi connectivity index (χ0v) is 27.5. The average molecular weight is 638 g/mol. The van der Waals surface area contributed by atoms with Crippen molar-refractivity contribution in [2.45, 2.75) is 6.92 Å². The molecule has 0 bridgehead atoms. The Bertz CT molecular complexity index is 2950. The van der Waals surface area contributed by atoms with Gasteiger partial charge in [0.25, 0.3) is 0 Å². The Morgan fingerprint density at radius 1 is 0.360 bits per heavy atom. The van der Waals surface area contributed by atoms with Gasteiger partial charge in [0.2, 0.25) is 0 Å². The predicted molar refractivity (Wildman–Crippen MR) is 211 cm³/mol. The molecule has 3 heteroatoms. The third-order valence-electron chi connectivity index (χ3n) is 10.6. The molecule has 10 aromatic rings. The highest BCUT2D eigenvalue weighted by Crippen LogP contribution is 2.53. The number of nitrogens with zero attached hydrogens (tertiary/aromatic N) is 3. The summed E-state index contributed by atoms with van der Waals surface area (Å²) < 4.78 is 4.86. The first kappa shape index (κ1) is 27.4. The average Bonchev–Trinajstić information content (AvgIpc) is 3.67. The van der Waals surface area contributed by atoms with Gasteiger partial charge in [0.1, 0.15) is 0 Å². The highest BCUT2D eigenvalue weighted by Gasteiger charge is 2.28. The van der Waals surface area contributed by atoms with E-state index >= 15 is 0 Å². The maximum atomic E-state index is 2.47. The number of para-hydroxylation sites is 3. The summed E-state index contributed by atoms with van der Waals surface area (Å²) >= 11 is 0. The number of hydrogen-bond acceptors (Lipinski definition) is 1. The fourth-order valence-corrected chi connectivity index (χ4v) is 8.56. The standard InChI is InChI=1S/C47H31N3/c1-30-12-8-15-32(26-30)50-44-25-10-14-31-13-9-21-38(47(31)44)40-28-39-37-20-4-7-24-43(37)49(45(39)29-46(40)50)34-17-11-16-33(27-34)48-41-22-5-2-18-35(41)36-19-3-6-23-42(36)48/h2-29H,1H3. The fraction of sp³-hybridized carbons (Fsp3) is 0.0213. The Balaban J connectivity index is 1.22. The van der Waals surface area contributed by atoms with Crippen LogP contribution in [0.1, 0.15) is 5.56 Å². The molecule has 0 saturated carbocycles. The number of anilines is 3. The van der Waals surface area contributed by atoms with Gasteiger partial charge in [-0.05, 0) is 90.2 Å². The van der Waals surface area contributed by atoms with E-state index in [0.717, 1.165) is 11.4 Å². The first-order chi connectivity index (χ1) is 24.7. The molecule has 0 atom stereocenters. The lowest BCUT2D eigenvalue weighted by atomic mass is 9.89. The summed E-state index contributed by atoms with van der Waals surface area (Å²) in [6.45, 7) is 2.17. The van der Waals surface area contributed by atoms with Crippen LogP contribution in [0, 0.1) is 6.92 Å². The fourth-order valence-electron chi connectivity index (χ4n) is 8.56. The van der Waals surface area contributed by atoms with Crippen molar-refractivity contribution in [1.82, 2.24) is 9.13 Å². The number of benzene rings is 8. The van der Waals surface area contributed by atoms with Crippen molar-refractivity contribution < 1.29 is 0 Å². The van der Waals surface area contributed by atoms with Crippen molar-refractivity contribution in [1.29, 1.82) is 0 Å². The van der Waals surface area contributed by atoms with Gasteiger partial charge in [-0.25, -0.2) is 0 Å². The largest absolute Gasteiger partial charge is 0.309 e. The molecule has 0 amide bonds. The Kier molecular flexibility index (Phi) is 5.59. The van der Waals surface area contributed by atoms with Crippen LogP contribution < -0.4 is 4.90 Å². The van der Waals surface area contributed by atoms with Crippen LogP contribution in [0.25, 0.3) is 76.9 Å². The van der Waals surface area contributed by atoms with E-state index in [-0.39, 0.29) is 0 Å².